The summed E-state index contributed by atoms with van der Waals surface area (Å²) in [5, 5.41) is 0. The van der Waals surface area contributed by atoms with Gasteiger partial charge in [-0.25, -0.2) is 4.39 Å². The summed E-state index contributed by atoms with van der Waals surface area (Å²) in [5.74, 6) is -0.199. The van der Waals surface area contributed by atoms with E-state index in [9.17, 15) is 4.39 Å². The van der Waals surface area contributed by atoms with Crippen molar-refractivity contribution in [1.82, 2.24) is 0 Å². The van der Waals surface area contributed by atoms with Crippen LogP contribution in [0.1, 0.15) is 5.56 Å². The van der Waals surface area contributed by atoms with Crippen LogP contribution in [0.3, 0.4) is 0 Å². The summed E-state index contributed by atoms with van der Waals surface area (Å²) in [6, 6.07) is 5.04. The first-order valence-corrected chi connectivity index (χ1v) is 3.91. The standard InChI is InChI=1S/C7H6BrF.C2H4/c1-5-2-3-6(8)7(9)4-5;1-2/h2-4H,1H3;1-2H2. The van der Waals surface area contributed by atoms with Gasteiger partial charge in [-0.3, -0.25) is 0 Å². The lowest BCUT2D eigenvalue weighted by molar-refractivity contribution is 0.620. The highest BCUT2D eigenvalue weighted by atomic mass is 79.9. The van der Waals surface area contributed by atoms with Crippen molar-refractivity contribution in [2.24, 2.45) is 0 Å². The van der Waals surface area contributed by atoms with Crippen molar-refractivity contribution in [3.05, 3.63) is 47.2 Å². The lowest BCUT2D eigenvalue weighted by Gasteiger charge is -1.93. The molecule has 1 aromatic rings. The summed E-state index contributed by atoms with van der Waals surface area (Å²) in [4.78, 5) is 0. The van der Waals surface area contributed by atoms with Crippen molar-refractivity contribution < 1.29 is 4.39 Å². The summed E-state index contributed by atoms with van der Waals surface area (Å²) in [6.07, 6.45) is 0. The molecule has 0 spiro atoms. The summed E-state index contributed by atoms with van der Waals surface area (Å²) in [5.41, 5.74) is 0.940. The van der Waals surface area contributed by atoms with Crippen molar-refractivity contribution in [1.29, 1.82) is 0 Å². The first-order valence-electron chi connectivity index (χ1n) is 3.12. The van der Waals surface area contributed by atoms with Crippen molar-refractivity contribution >= 4 is 15.9 Å². The van der Waals surface area contributed by atoms with Gasteiger partial charge < -0.3 is 0 Å². The zero-order chi connectivity index (χ0) is 8.85. The molecule has 0 aliphatic carbocycles. The zero-order valence-electron chi connectivity index (χ0n) is 6.40. The van der Waals surface area contributed by atoms with Crippen LogP contribution >= 0.6 is 15.9 Å². The molecule has 2 heteroatoms. The largest absolute Gasteiger partial charge is 0.206 e. The fourth-order valence-corrected chi connectivity index (χ4v) is 0.848. The van der Waals surface area contributed by atoms with E-state index in [2.05, 4.69) is 29.1 Å². The minimum Gasteiger partial charge on any atom is -0.206 e. The van der Waals surface area contributed by atoms with Crippen molar-refractivity contribution in [2.45, 2.75) is 6.92 Å². The number of benzene rings is 1. The molecular weight excluding hydrogens is 207 g/mol. The maximum absolute atomic E-state index is 12.5. The van der Waals surface area contributed by atoms with Crippen LogP contribution in [0.25, 0.3) is 0 Å². The van der Waals surface area contributed by atoms with Gasteiger partial charge in [-0.1, -0.05) is 6.07 Å². The second-order valence-corrected chi connectivity index (χ2v) is 2.77. The molecule has 0 aromatic heterocycles. The van der Waals surface area contributed by atoms with E-state index in [4.69, 9.17) is 0 Å². The van der Waals surface area contributed by atoms with E-state index < -0.39 is 0 Å². The van der Waals surface area contributed by atoms with Crippen molar-refractivity contribution in [2.75, 3.05) is 0 Å². The zero-order valence-corrected chi connectivity index (χ0v) is 7.99. The minimum absolute atomic E-state index is 0.199. The molecule has 11 heavy (non-hydrogen) atoms. The summed E-state index contributed by atoms with van der Waals surface area (Å²) in [6.45, 7) is 7.86. The van der Waals surface area contributed by atoms with E-state index in [1.807, 2.05) is 13.0 Å². The summed E-state index contributed by atoms with van der Waals surface area (Å²) in [7, 11) is 0. The molecule has 0 heterocycles. The van der Waals surface area contributed by atoms with Gasteiger partial charge in [0, 0.05) is 0 Å². The molecule has 0 bridgehead atoms. The molecule has 0 unspecified atom stereocenters. The molecule has 0 radical (unpaired) electrons. The average molecular weight is 217 g/mol. The predicted molar refractivity (Wildman–Crippen MR) is 50.1 cm³/mol. The van der Waals surface area contributed by atoms with Crippen LogP contribution in [-0.2, 0) is 0 Å². The third-order valence-corrected chi connectivity index (χ3v) is 1.72. The van der Waals surface area contributed by atoms with Gasteiger partial charge >= 0.3 is 0 Å². The van der Waals surface area contributed by atoms with Gasteiger partial charge in [0.15, 0.2) is 0 Å². The molecule has 0 atom stereocenters. The van der Waals surface area contributed by atoms with Gasteiger partial charge in [0.25, 0.3) is 0 Å². The van der Waals surface area contributed by atoms with Gasteiger partial charge in [-0.2, -0.15) is 0 Å². The Morgan fingerprint density at radius 3 is 2.27 bits per heavy atom. The molecular formula is C9H10BrF. The SMILES string of the molecule is C=C.Cc1ccc(Br)c(F)c1. The molecule has 0 aliphatic heterocycles. The molecule has 60 valence electrons. The van der Waals surface area contributed by atoms with E-state index in [0.29, 0.717) is 4.47 Å². The van der Waals surface area contributed by atoms with Gasteiger partial charge in [-0.05, 0) is 40.5 Å². The van der Waals surface area contributed by atoms with E-state index in [-0.39, 0.29) is 5.82 Å². The molecule has 0 aliphatic rings. The van der Waals surface area contributed by atoms with Crippen molar-refractivity contribution in [3.63, 3.8) is 0 Å². The number of hydrogen-bond acceptors (Lipinski definition) is 0. The fourth-order valence-electron chi connectivity index (χ4n) is 0.601. The van der Waals surface area contributed by atoms with Gasteiger partial charge in [-0.15, -0.1) is 13.2 Å². The lowest BCUT2D eigenvalue weighted by Crippen LogP contribution is -1.77. The first-order chi connectivity index (χ1) is 5.20. The van der Waals surface area contributed by atoms with Crippen LogP contribution in [0.5, 0.6) is 0 Å². The Balaban J connectivity index is 0.000000461. The summed E-state index contributed by atoms with van der Waals surface area (Å²) < 4.78 is 13.1. The maximum Gasteiger partial charge on any atom is 0.137 e. The van der Waals surface area contributed by atoms with Crippen LogP contribution in [0, 0.1) is 12.7 Å². The Hall–Kier alpha value is -0.630. The second kappa shape index (κ2) is 5.08. The molecule has 1 rings (SSSR count). The Morgan fingerprint density at radius 2 is 1.91 bits per heavy atom. The number of hydrogen-bond donors (Lipinski definition) is 0. The molecule has 1 aromatic carbocycles. The third kappa shape index (κ3) is 3.33. The number of aryl methyl sites for hydroxylation is 1. The molecule has 0 nitrogen and oxygen atoms in total. The van der Waals surface area contributed by atoms with Crippen molar-refractivity contribution in [3.8, 4) is 0 Å². The Kier molecular flexibility index (Phi) is 4.79. The van der Waals surface area contributed by atoms with Crippen LogP contribution in [0.4, 0.5) is 4.39 Å². The average Bonchev–Trinajstić information content (AvgIpc) is 2.02. The number of halogens is 2. The Morgan fingerprint density at radius 1 is 1.36 bits per heavy atom. The van der Waals surface area contributed by atoms with Crippen LogP contribution in [0.15, 0.2) is 35.8 Å². The maximum atomic E-state index is 12.5. The number of rotatable bonds is 0. The first kappa shape index (κ1) is 10.4. The van der Waals surface area contributed by atoms with Gasteiger partial charge in [0.1, 0.15) is 5.82 Å². The van der Waals surface area contributed by atoms with Crippen LogP contribution < -0.4 is 0 Å². The third-order valence-electron chi connectivity index (χ3n) is 1.08. The topological polar surface area (TPSA) is 0 Å². The fraction of sp³-hybridized carbons (Fsp3) is 0.111. The molecule has 0 fully saturated rings. The lowest BCUT2D eigenvalue weighted by atomic mass is 10.2. The molecule has 0 N–H and O–H groups in total. The van der Waals surface area contributed by atoms with E-state index >= 15 is 0 Å². The minimum atomic E-state index is -0.199. The highest BCUT2D eigenvalue weighted by molar-refractivity contribution is 9.10. The van der Waals surface area contributed by atoms with E-state index in [1.54, 1.807) is 6.07 Å². The highest BCUT2D eigenvalue weighted by Crippen LogP contribution is 2.15. The molecule has 0 saturated carbocycles. The van der Waals surface area contributed by atoms with Gasteiger partial charge in [0.2, 0.25) is 0 Å². The normalized spacial score (nSPS) is 8.27. The monoisotopic (exact) mass is 216 g/mol. The van der Waals surface area contributed by atoms with Crippen LogP contribution in [0.2, 0.25) is 0 Å². The highest BCUT2D eigenvalue weighted by Gasteiger charge is 1.95. The van der Waals surface area contributed by atoms with E-state index in [0.717, 1.165) is 5.56 Å². The second-order valence-electron chi connectivity index (χ2n) is 1.92. The van der Waals surface area contributed by atoms with Crippen LogP contribution in [-0.4, -0.2) is 0 Å². The van der Waals surface area contributed by atoms with Gasteiger partial charge in [0.05, 0.1) is 4.47 Å². The summed E-state index contributed by atoms with van der Waals surface area (Å²) >= 11 is 3.05. The van der Waals surface area contributed by atoms with E-state index in [1.165, 1.54) is 6.07 Å². The predicted octanol–water partition coefficient (Wildman–Crippen LogP) is 3.70. The Bertz CT molecular complexity index is 233. The molecule has 0 amide bonds. The smallest absolute Gasteiger partial charge is 0.137 e. The quantitative estimate of drug-likeness (QED) is 0.581. The Labute approximate surface area is 74.9 Å². The molecule has 0 saturated heterocycles.